The zero-order valence-electron chi connectivity index (χ0n) is 19.3. The number of hydrogen-bond acceptors (Lipinski definition) is 2. The van der Waals surface area contributed by atoms with Crippen LogP contribution < -0.4 is 0 Å². The number of carbonyl (C=O) groups excluding carboxylic acids is 2. The van der Waals surface area contributed by atoms with Gasteiger partial charge in [-0.05, 0) is 29.5 Å². The molecular weight excluding hydrogens is 393 g/mol. The van der Waals surface area contributed by atoms with Gasteiger partial charge < -0.3 is 14.4 Å². The fraction of sp³-hybridized carbons (Fsp3) is 0.520. The van der Waals surface area contributed by atoms with E-state index in [1.54, 1.807) is 28.0 Å². The number of carbonyl (C=O) groups is 2. The van der Waals surface area contributed by atoms with Crippen LogP contribution in [0.5, 0.6) is 0 Å². The van der Waals surface area contributed by atoms with Gasteiger partial charge in [0.1, 0.15) is 11.9 Å². The number of benzene rings is 1. The smallest absolute Gasteiger partial charge is 0.243 e. The molecule has 0 saturated carbocycles. The van der Waals surface area contributed by atoms with Gasteiger partial charge in [0, 0.05) is 43.5 Å². The molecule has 0 aliphatic carbocycles. The van der Waals surface area contributed by atoms with Crippen molar-refractivity contribution in [1.82, 2.24) is 14.4 Å². The Kier molecular flexibility index (Phi) is 6.87. The van der Waals surface area contributed by atoms with Gasteiger partial charge >= 0.3 is 0 Å². The summed E-state index contributed by atoms with van der Waals surface area (Å²) in [5, 5.41) is 0. The molecule has 1 unspecified atom stereocenters. The Morgan fingerprint density at radius 1 is 1.13 bits per heavy atom. The molecule has 2 heterocycles. The van der Waals surface area contributed by atoms with Crippen LogP contribution >= 0.6 is 0 Å². The maximum Gasteiger partial charge on any atom is 0.243 e. The van der Waals surface area contributed by atoms with Gasteiger partial charge in [0.25, 0.3) is 0 Å². The van der Waals surface area contributed by atoms with Gasteiger partial charge in [-0.2, -0.15) is 0 Å². The van der Waals surface area contributed by atoms with Crippen molar-refractivity contribution in [2.45, 2.75) is 53.6 Å². The highest BCUT2D eigenvalue weighted by atomic mass is 19.1. The van der Waals surface area contributed by atoms with E-state index < -0.39 is 6.04 Å². The van der Waals surface area contributed by atoms with E-state index in [4.69, 9.17) is 0 Å². The highest BCUT2D eigenvalue weighted by Gasteiger charge is 2.35. The molecule has 3 rings (SSSR count). The molecule has 2 aromatic rings. The summed E-state index contributed by atoms with van der Waals surface area (Å²) in [6.45, 7) is 11.8. The topological polar surface area (TPSA) is 45.6 Å². The summed E-state index contributed by atoms with van der Waals surface area (Å²) in [4.78, 5) is 29.9. The van der Waals surface area contributed by atoms with Crippen LogP contribution in [-0.4, -0.2) is 45.8 Å². The van der Waals surface area contributed by atoms with E-state index in [1.807, 2.05) is 52.9 Å². The van der Waals surface area contributed by atoms with E-state index >= 15 is 0 Å². The van der Waals surface area contributed by atoms with Crippen LogP contribution in [0.15, 0.2) is 42.6 Å². The number of nitrogens with zero attached hydrogens (tertiary/aromatic N) is 3. The van der Waals surface area contributed by atoms with Crippen LogP contribution in [0.1, 0.15) is 58.3 Å². The van der Waals surface area contributed by atoms with Gasteiger partial charge in [-0.15, -0.1) is 0 Å². The fourth-order valence-electron chi connectivity index (χ4n) is 4.19. The molecule has 2 amide bonds. The highest BCUT2D eigenvalue weighted by molar-refractivity contribution is 5.85. The van der Waals surface area contributed by atoms with Crippen molar-refractivity contribution >= 4 is 11.8 Å². The standard InChI is InChI=1S/C25H34FN3O2/c1-18(2)16-28(22(30)15-25(3,4)5)17-23(31)29-14-13-27-12-8-11-21(27)24(29)19-9-6-7-10-20(19)26/h6-12,18,24H,13-17H2,1-5H3. The molecule has 1 aliphatic rings. The summed E-state index contributed by atoms with van der Waals surface area (Å²) >= 11 is 0. The highest BCUT2D eigenvalue weighted by Crippen LogP contribution is 2.34. The third-order valence-electron chi connectivity index (χ3n) is 5.50. The molecule has 0 spiro atoms. The second kappa shape index (κ2) is 9.25. The van der Waals surface area contributed by atoms with Crippen molar-refractivity contribution in [2.24, 2.45) is 11.3 Å². The van der Waals surface area contributed by atoms with Crippen LogP contribution in [-0.2, 0) is 16.1 Å². The SMILES string of the molecule is CC(C)CN(CC(=O)N1CCn2cccc2C1c1ccccc1F)C(=O)CC(C)(C)C. The Hall–Kier alpha value is -2.63. The summed E-state index contributed by atoms with van der Waals surface area (Å²) in [7, 11) is 0. The van der Waals surface area contributed by atoms with Crippen LogP contribution in [0.3, 0.4) is 0 Å². The molecule has 0 fully saturated rings. The molecule has 5 nitrogen and oxygen atoms in total. The van der Waals surface area contributed by atoms with E-state index in [0.717, 1.165) is 5.69 Å². The molecule has 0 bridgehead atoms. The minimum absolute atomic E-state index is 0.0127. The third kappa shape index (κ3) is 5.54. The van der Waals surface area contributed by atoms with Crippen LogP contribution in [0.25, 0.3) is 0 Å². The number of aromatic nitrogens is 1. The van der Waals surface area contributed by atoms with Crippen LogP contribution in [0.4, 0.5) is 4.39 Å². The molecule has 168 valence electrons. The molecule has 1 aromatic heterocycles. The van der Waals surface area contributed by atoms with Gasteiger partial charge in [-0.25, -0.2) is 4.39 Å². The molecule has 0 radical (unpaired) electrons. The molecule has 1 atom stereocenters. The maximum absolute atomic E-state index is 14.7. The molecule has 0 N–H and O–H groups in total. The average Bonchev–Trinajstić information content (AvgIpc) is 3.14. The van der Waals surface area contributed by atoms with Gasteiger partial charge in [-0.1, -0.05) is 52.8 Å². The van der Waals surface area contributed by atoms with E-state index in [9.17, 15) is 14.0 Å². The molecule has 0 saturated heterocycles. The molecule has 31 heavy (non-hydrogen) atoms. The lowest BCUT2D eigenvalue weighted by atomic mass is 9.91. The maximum atomic E-state index is 14.7. The van der Waals surface area contributed by atoms with E-state index in [1.165, 1.54) is 6.07 Å². The van der Waals surface area contributed by atoms with Gasteiger partial charge in [0.15, 0.2) is 0 Å². The Balaban J connectivity index is 1.89. The average molecular weight is 428 g/mol. The predicted octanol–water partition coefficient (Wildman–Crippen LogP) is 4.48. The Labute approximate surface area is 184 Å². The molecule has 6 heteroatoms. The number of hydrogen-bond donors (Lipinski definition) is 0. The van der Waals surface area contributed by atoms with Crippen molar-refractivity contribution in [2.75, 3.05) is 19.6 Å². The lowest BCUT2D eigenvalue weighted by Gasteiger charge is -2.39. The lowest BCUT2D eigenvalue weighted by Crippen LogP contribution is -2.49. The van der Waals surface area contributed by atoms with Crippen molar-refractivity contribution in [3.63, 3.8) is 0 Å². The fourth-order valence-corrected chi connectivity index (χ4v) is 4.19. The molecular formula is C25H34FN3O2. The molecule has 1 aliphatic heterocycles. The first kappa shape index (κ1) is 23.0. The van der Waals surface area contributed by atoms with Gasteiger partial charge in [0.2, 0.25) is 11.8 Å². The summed E-state index contributed by atoms with van der Waals surface area (Å²) in [6, 6.07) is 9.97. The third-order valence-corrected chi connectivity index (χ3v) is 5.50. The Morgan fingerprint density at radius 2 is 1.84 bits per heavy atom. The second-order valence-electron chi connectivity index (χ2n) is 10.0. The van der Waals surface area contributed by atoms with Crippen molar-refractivity contribution in [3.05, 3.63) is 59.7 Å². The Morgan fingerprint density at radius 3 is 2.48 bits per heavy atom. The number of fused-ring (bicyclic) bond motifs is 1. The van der Waals surface area contributed by atoms with Crippen molar-refractivity contribution in [3.8, 4) is 0 Å². The monoisotopic (exact) mass is 427 g/mol. The Bertz CT molecular complexity index is 929. The lowest BCUT2D eigenvalue weighted by molar-refractivity contribution is -0.143. The summed E-state index contributed by atoms with van der Waals surface area (Å²) in [5.74, 6) is -0.249. The van der Waals surface area contributed by atoms with Crippen LogP contribution in [0, 0.1) is 17.2 Å². The number of halogens is 1. The zero-order valence-corrected chi connectivity index (χ0v) is 19.3. The quantitative estimate of drug-likeness (QED) is 0.682. The van der Waals surface area contributed by atoms with E-state index in [-0.39, 0.29) is 35.5 Å². The first-order valence-electron chi connectivity index (χ1n) is 11.0. The predicted molar refractivity (Wildman–Crippen MR) is 120 cm³/mol. The second-order valence-corrected chi connectivity index (χ2v) is 10.0. The van der Waals surface area contributed by atoms with E-state index in [0.29, 0.717) is 31.6 Å². The normalized spacial score (nSPS) is 16.4. The largest absolute Gasteiger partial charge is 0.348 e. The zero-order chi connectivity index (χ0) is 22.8. The summed E-state index contributed by atoms with van der Waals surface area (Å²) in [6.07, 6.45) is 2.34. The minimum atomic E-state index is -0.504. The first-order chi connectivity index (χ1) is 14.6. The van der Waals surface area contributed by atoms with Gasteiger partial charge in [0.05, 0.1) is 6.54 Å². The van der Waals surface area contributed by atoms with Crippen LogP contribution in [0.2, 0.25) is 0 Å². The van der Waals surface area contributed by atoms with Crippen molar-refractivity contribution in [1.29, 1.82) is 0 Å². The van der Waals surface area contributed by atoms with Crippen molar-refractivity contribution < 1.29 is 14.0 Å². The summed E-state index contributed by atoms with van der Waals surface area (Å²) in [5.41, 5.74) is 1.21. The first-order valence-corrected chi connectivity index (χ1v) is 11.0. The number of amides is 2. The molecule has 1 aromatic carbocycles. The number of rotatable bonds is 6. The van der Waals surface area contributed by atoms with E-state index in [2.05, 4.69) is 4.57 Å². The van der Waals surface area contributed by atoms with Gasteiger partial charge in [-0.3, -0.25) is 9.59 Å². The summed E-state index contributed by atoms with van der Waals surface area (Å²) < 4.78 is 16.8. The minimum Gasteiger partial charge on any atom is -0.348 e.